The quantitative estimate of drug-likeness (QED) is 0.837. The maximum absolute atomic E-state index is 6.42. The van der Waals surface area contributed by atoms with Crippen LogP contribution < -0.4 is 5.73 Å². The molecule has 2 heterocycles. The molecular formula is C15H28N2O. The van der Waals surface area contributed by atoms with E-state index < -0.39 is 0 Å². The Kier molecular flexibility index (Phi) is 3.41. The minimum Gasteiger partial charge on any atom is -0.370 e. The predicted molar refractivity (Wildman–Crippen MR) is 73.6 cm³/mol. The van der Waals surface area contributed by atoms with Crippen LogP contribution in [0.2, 0.25) is 0 Å². The monoisotopic (exact) mass is 252 g/mol. The Hall–Kier alpha value is -0.120. The highest BCUT2D eigenvalue weighted by molar-refractivity contribution is 5.00. The number of rotatable bonds is 3. The fourth-order valence-electron chi connectivity index (χ4n) is 4.07. The molecule has 0 amide bonds. The smallest absolute Gasteiger partial charge is 0.0710 e. The maximum atomic E-state index is 6.42. The van der Waals surface area contributed by atoms with Crippen LogP contribution in [-0.2, 0) is 4.74 Å². The van der Waals surface area contributed by atoms with Crippen LogP contribution in [0.1, 0.15) is 58.3 Å². The maximum Gasteiger partial charge on any atom is 0.0710 e. The van der Waals surface area contributed by atoms with E-state index >= 15 is 0 Å². The Morgan fingerprint density at radius 3 is 2.56 bits per heavy atom. The second-order valence-electron chi connectivity index (χ2n) is 6.91. The van der Waals surface area contributed by atoms with Gasteiger partial charge >= 0.3 is 0 Å². The molecule has 0 aromatic heterocycles. The molecule has 3 fully saturated rings. The molecule has 3 aliphatic rings. The normalized spacial score (nSPS) is 34.7. The molecule has 3 rings (SSSR count). The van der Waals surface area contributed by atoms with E-state index in [4.69, 9.17) is 10.5 Å². The molecule has 1 aliphatic carbocycles. The summed E-state index contributed by atoms with van der Waals surface area (Å²) in [6.45, 7) is 5.44. The summed E-state index contributed by atoms with van der Waals surface area (Å²) < 4.78 is 6.42. The van der Waals surface area contributed by atoms with Gasteiger partial charge < -0.3 is 10.5 Å². The van der Waals surface area contributed by atoms with Crippen molar-refractivity contribution in [2.45, 2.75) is 75.5 Å². The Morgan fingerprint density at radius 1 is 1.17 bits per heavy atom. The van der Waals surface area contributed by atoms with Crippen LogP contribution in [0.3, 0.4) is 0 Å². The summed E-state index contributed by atoms with van der Waals surface area (Å²) in [5, 5.41) is 0. The van der Waals surface area contributed by atoms with E-state index in [0.29, 0.717) is 6.10 Å². The lowest BCUT2D eigenvalue weighted by Gasteiger charge is -2.48. The topological polar surface area (TPSA) is 38.5 Å². The van der Waals surface area contributed by atoms with Gasteiger partial charge in [-0.15, -0.1) is 0 Å². The molecule has 0 bridgehead atoms. The van der Waals surface area contributed by atoms with Gasteiger partial charge in [-0.25, -0.2) is 0 Å². The zero-order chi connectivity index (χ0) is 12.6. The van der Waals surface area contributed by atoms with Crippen molar-refractivity contribution >= 4 is 0 Å². The molecule has 1 spiro atoms. The van der Waals surface area contributed by atoms with Crippen LogP contribution >= 0.6 is 0 Å². The first-order valence-electron chi connectivity index (χ1n) is 7.82. The summed E-state index contributed by atoms with van der Waals surface area (Å²) in [5.41, 5.74) is 6.60. The average Bonchev–Trinajstić information content (AvgIpc) is 2.71. The molecule has 2 saturated heterocycles. The van der Waals surface area contributed by atoms with Crippen LogP contribution in [0.25, 0.3) is 0 Å². The standard InChI is InChI=1S/C15H28N2O/c1-2-14(16)11-17(12-14)10-13-6-9-15(18-13)7-4-3-5-8-15/h13H,2-12,16H2,1H3. The largest absolute Gasteiger partial charge is 0.370 e. The minimum atomic E-state index is 0.0983. The molecule has 1 atom stereocenters. The van der Waals surface area contributed by atoms with Gasteiger partial charge in [0.15, 0.2) is 0 Å². The van der Waals surface area contributed by atoms with Crippen molar-refractivity contribution in [1.29, 1.82) is 0 Å². The molecule has 2 N–H and O–H groups in total. The summed E-state index contributed by atoms with van der Waals surface area (Å²) in [5.74, 6) is 0. The third kappa shape index (κ3) is 2.45. The second-order valence-corrected chi connectivity index (χ2v) is 6.91. The summed E-state index contributed by atoms with van der Waals surface area (Å²) in [4.78, 5) is 2.48. The van der Waals surface area contributed by atoms with Gasteiger partial charge in [0.05, 0.1) is 11.7 Å². The number of nitrogens with two attached hydrogens (primary N) is 1. The second kappa shape index (κ2) is 4.77. The Labute approximate surface area is 111 Å². The van der Waals surface area contributed by atoms with Crippen molar-refractivity contribution < 1.29 is 4.74 Å². The van der Waals surface area contributed by atoms with Gasteiger partial charge in [0.25, 0.3) is 0 Å². The minimum absolute atomic E-state index is 0.0983. The van der Waals surface area contributed by atoms with Gasteiger partial charge in [0.1, 0.15) is 0 Å². The lowest BCUT2D eigenvalue weighted by atomic mass is 9.83. The lowest BCUT2D eigenvalue weighted by Crippen LogP contribution is -2.67. The van der Waals surface area contributed by atoms with Gasteiger partial charge in [0.2, 0.25) is 0 Å². The first-order valence-corrected chi connectivity index (χ1v) is 7.82. The van der Waals surface area contributed by atoms with Crippen molar-refractivity contribution in [2.24, 2.45) is 5.73 Å². The van der Waals surface area contributed by atoms with Crippen molar-refractivity contribution in [3.63, 3.8) is 0 Å². The zero-order valence-electron chi connectivity index (χ0n) is 11.8. The molecular weight excluding hydrogens is 224 g/mol. The SMILES string of the molecule is CCC1(N)CN(CC2CCC3(CCCCC3)O2)C1. The van der Waals surface area contributed by atoms with E-state index in [9.17, 15) is 0 Å². The predicted octanol–water partition coefficient (Wildman–Crippen LogP) is 2.29. The molecule has 0 aromatic rings. The number of likely N-dealkylation sites (tertiary alicyclic amines) is 1. The first kappa shape index (κ1) is 12.9. The van der Waals surface area contributed by atoms with Gasteiger partial charge in [-0.1, -0.05) is 26.2 Å². The molecule has 0 radical (unpaired) electrons. The van der Waals surface area contributed by atoms with Crippen molar-refractivity contribution in [1.82, 2.24) is 4.90 Å². The Bertz CT molecular complexity index is 293. The highest BCUT2D eigenvalue weighted by atomic mass is 16.5. The lowest BCUT2D eigenvalue weighted by molar-refractivity contribution is -0.0827. The van der Waals surface area contributed by atoms with Gasteiger partial charge in [-0.2, -0.15) is 0 Å². The number of hydrogen-bond donors (Lipinski definition) is 1. The van der Waals surface area contributed by atoms with E-state index in [1.807, 2.05) is 0 Å². The fourth-order valence-corrected chi connectivity index (χ4v) is 4.07. The van der Waals surface area contributed by atoms with Crippen LogP contribution in [0.5, 0.6) is 0 Å². The average molecular weight is 252 g/mol. The molecule has 1 unspecified atom stereocenters. The molecule has 0 aromatic carbocycles. The van der Waals surface area contributed by atoms with Gasteiger partial charge in [-0.3, -0.25) is 4.90 Å². The number of hydrogen-bond acceptors (Lipinski definition) is 3. The summed E-state index contributed by atoms with van der Waals surface area (Å²) in [6, 6.07) is 0. The molecule has 2 aliphatic heterocycles. The van der Waals surface area contributed by atoms with E-state index in [0.717, 1.165) is 26.1 Å². The van der Waals surface area contributed by atoms with Crippen LogP contribution in [0.15, 0.2) is 0 Å². The third-order valence-corrected chi connectivity index (χ3v) is 5.35. The molecule has 1 saturated carbocycles. The first-order chi connectivity index (χ1) is 8.63. The number of ether oxygens (including phenoxy) is 1. The third-order valence-electron chi connectivity index (χ3n) is 5.35. The summed E-state index contributed by atoms with van der Waals surface area (Å²) >= 11 is 0. The molecule has 104 valence electrons. The van der Waals surface area contributed by atoms with Crippen molar-refractivity contribution in [2.75, 3.05) is 19.6 Å². The fraction of sp³-hybridized carbons (Fsp3) is 1.00. The zero-order valence-corrected chi connectivity index (χ0v) is 11.8. The van der Waals surface area contributed by atoms with Crippen LogP contribution in [0, 0.1) is 0 Å². The van der Waals surface area contributed by atoms with Crippen LogP contribution in [0.4, 0.5) is 0 Å². The Balaban J connectivity index is 1.46. The summed E-state index contributed by atoms with van der Waals surface area (Å²) in [6.07, 6.45) is 10.9. The summed E-state index contributed by atoms with van der Waals surface area (Å²) in [7, 11) is 0. The van der Waals surface area contributed by atoms with Crippen LogP contribution in [-0.4, -0.2) is 41.8 Å². The van der Waals surface area contributed by atoms with E-state index in [-0.39, 0.29) is 11.1 Å². The molecule has 3 nitrogen and oxygen atoms in total. The number of nitrogens with zero attached hydrogens (tertiary/aromatic N) is 1. The van der Waals surface area contributed by atoms with Gasteiger partial charge in [0, 0.05) is 25.2 Å². The van der Waals surface area contributed by atoms with Crippen molar-refractivity contribution in [3.8, 4) is 0 Å². The highest BCUT2D eigenvalue weighted by Crippen LogP contribution is 2.42. The van der Waals surface area contributed by atoms with E-state index in [1.54, 1.807) is 0 Å². The molecule has 3 heteroatoms. The highest BCUT2D eigenvalue weighted by Gasteiger charge is 2.44. The molecule has 18 heavy (non-hydrogen) atoms. The Morgan fingerprint density at radius 2 is 1.89 bits per heavy atom. The van der Waals surface area contributed by atoms with E-state index in [1.165, 1.54) is 44.9 Å². The van der Waals surface area contributed by atoms with Crippen molar-refractivity contribution in [3.05, 3.63) is 0 Å². The van der Waals surface area contributed by atoms with E-state index in [2.05, 4.69) is 11.8 Å². The van der Waals surface area contributed by atoms with Gasteiger partial charge in [-0.05, 0) is 32.1 Å².